The first kappa shape index (κ1) is 15.5. The van der Waals surface area contributed by atoms with Crippen LogP contribution in [0.15, 0.2) is 29.2 Å². The number of carbonyl (C=O) groups excluding carboxylic acids is 1. The highest BCUT2D eigenvalue weighted by atomic mass is 32.2. The Kier molecular flexibility index (Phi) is 3.99. The SMILES string of the molecule is CS(=O)(=O)c1ccccc1C(=O)N1CCC2(CCCOC2)C1. The third-order valence-corrected chi connectivity index (χ3v) is 5.80. The van der Waals surface area contributed by atoms with Gasteiger partial charge in [-0.3, -0.25) is 4.79 Å². The maximum atomic E-state index is 12.8. The molecule has 1 atom stereocenters. The molecule has 120 valence electrons. The predicted octanol–water partition coefficient (Wildman–Crippen LogP) is 1.73. The summed E-state index contributed by atoms with van der Waals surface area (Å²) in [5.41, 5.74) is 0.340. The minimum atomic E-state index is -3.41. The zero-order chi connectivity index (χ0) is 15.8. The van der Waals surface area contributed by atoms with Crippen LogP contribution in [0.3, 0.4) is 0 Å². The summed E-state index contributed by atoms with van der Waals surface area (Å²) in [4.78, 5) is 14.6. The first-order chi connectivity index (χ1) is 10.4. The van der Waals surface area contributed by atoms with Crippen molar-refractivity contribution in [2.75, 3.05) is 32.6 Å². The van der Waals surface area contributed by atoms with Crippen LogP contribution in [0.4, 0.5) is 0 Å². The third kappa shape index (κ3) is 2.90. The van der Waals surface area contributed by atoms with Crippen molar-refractivity contribution >= 4 is 15.7 Å². The van der Waals surface area contributed by atoms with Gasteiger partial charge < -0.3 is 9.64 Å². The van der Waals surface area contributed by atoms with Gasteiger partial charge in [0.05, 0.1) is 17.1 Å². The third-order valence-electron chi connectivity index (χ3n) is 4.65. The van der Waals surface area contributed by atoms with Crippen LogP contribution in [0.2, 0.25) is 0 Å². The molecule has 2 aliphatic rings. The molecule has 0 bridgehead atoms. The van der Waals surface area contributed by atoms with Crippen LogP contribution in [0.1, 0.15) is 29.6 Å². The second-order valence-electron chi connectivity index (χ2n) is 6.40. The first-order valence-electron chi connectivity index (χ1n) is 7.57. The summed E-state index contributed by atoms with van der Waals surface area (Å²) >= 11 is 0. The summed E-state index contributed by atoms with van der Waals surface area (Å²) in [6.07, 6.45) is 4.17. The number of rotatable bonds is 2. The molecule has 0 aliphatic carbocycles. The van der Waals surface area contributed by atoms with Gasteiger partial charge in [0, 0.05) is 31.4 Å². The summed E-state index contributed by atoms with van der Waals surface area (Å²) < 4.78 is 29.3. The molecule has 1 unspecified atom stereocenters. The highest BCUT2D eigenvalue weighted by molar-refractivity contribution is 7.90. The van der Waals surface area contributed by atoms with E-state index in [-0.39, 0.29) is 21.8 Å². The van der Waals surface area contributed by atoms with Gasteiger partial charge in [-0.2, -0.15) is 0 Å². The molecule has 5 nitrogen and oxygen atoms in total. The lowest BCUT2D eigenvalue weighted by Gasteiger charge is -2.33. The van der Waals surface area contributed by atoms with Gasteiger partial charge in [0.1, 0.15) is 0 Å². The lowest BCUT2D eigenvalue weighted by molar-refractivity contribution is -0.00162. The average molecular weight is 323 g/mol. The standard InChI is InChI=1S/C16H21NO4S/c1-22(19,20)14-6-3-2-5-13(14)15(18)17-9-8-16(11-17)7-4-10-21-12-16/h2-3,5-6H,4,7-12H2,1H3. The van der Waals surface area contributed by atoms with Crippen LogP contribution in [0.5, 0.6) is 0 Å². The van der Waals surface area contributed by atoms with Crippen molar-refractivity contribution < 1.29 is 17.9 Å². The quantitative estimate of drug-likeness (QED) is 0.831. The molecule has 22 heavy (non-hydrogen) atoms. The Morgan fingerprint density at radius 2 is 2.05 bits per heavy atom. The monoisotopic (exact) mass is 323 g/mol. The number of ether oxygens (including phenoxy) is 1. The predicted molar refractivity (Wildman–Crippen MR) is 82.6 cm³/mol. The van der Waals surface area contributed by atoms with E-state index in [4.69, 9.17) is 4.74 Å². The molecule has 2 fully saturated rings. The highest BCUT2D eigenvalue weighted by Gasteiger charge is 2.41. The van der Waals surface area contributed by atoms with Crippen LogP contribution in [-0.2, 0) is 14.6 Å². The minimum absolute atomic E-state index is 0.0634. The summed E-state index contributed by atoms with van der Waals surface area (Å²) in [7, 11) is -3.41. The Hall–Kier alpha value is -1.40. The molecule has 2 aliphatic heterocycles. The maximum Gasteiger partial charge on any atom is 0.255 e. The van der Waals surface area contributed by atoms with Gasteiger partial charge in [0.25, 0.3) is 5.91 Å². The molecule has 3 rings (SSSR count). The number of benzene rings is 1. The van der Waals surface area contributed by atoms with E-state index in [1.807, 2.05) is 0 Å². The summed E-state index contributed by atoms with van der Waals surface area (Å²) in [6, 6.07) is 6.45. The number of sulfone groups is 1. The van der Waals surface area contributed by atoms with Gasteiger partial charge in [-0.25, -0.2) is 8.42 Å². The van der Waals surface area contributed by atoms with E-state index in [0.29, 0.717) is 19.7 Å². The normalized spacial score (nSPS) is 25.6. The zero-order valence-corrected chi connectivity index (χ0v) is 13.6. The zero-order valence-electron chi connectivity index (χ0n) is 12.7. The van der Waals surface area contributed by atoms with Crippen molar-refractivity contribution in [3.8, 4) is 0 Å². The van der Waals surface area contributed by atoms with E-state index in [1.165, 1.54) is 6.07 Å². The molecule has 1 spiro atoms. The highest BCUT2D eigenvalue weighted by Crippen LogP contribution is 2.38. The van der Waals surface area contributed by atoms with Crippen molar-refractivity contribution in [2.24, 2.45) is 5.41 Å². The largest absolute Gasteiger partial charge is 0.381 e. The lowest BCUT2D eigenvalue weighted by atomic mass is 9.82. The number of hydrogen-bond donors (Lipinski definition) is 0. The van der Waals surface area contributed by atoms with Crippen molar-refractivity contribution in [3.05, 3.63) is 29.8 Å². The summed E-state index contributed by atoms with van der Waals surface area (Å²) in [5.74, 6) is -0.191. The topological polar surface area (TPSA) is 63.7 Å². The van der Waals surface area contributed by atoms with Crippen molar-refractivity contribution in [1.82, 2.24) is 4.90 Å². The van der Waals surface area contributed by atoms with E-state index in [1.54, 1.807) is 23.1 Å². The number of hydrogen-bond acceptors (Lipinski definition) is 4. The molecule has 0 N–H and O–H groups in total. The van der Waals surface area contributed by atoms with Crippen LogP contribution < -0.4 is 0 Å². The van der Waals surface area contributed by atoms with E-state index < -0.39 is 9.84 Å². The molecular weight excluding hydrogens is 302 g/mol. The first-order valence-corrected chi connectivity index (χ1v) is 9.47. The van der Waals surface area contributed by atoms with Crippen LogP contribution in [-0.4, -0.2) is 51.8 Å². The fraction of sp³-hybridized carbons (Fsp3) is 0.562. The Morgan fingerprint density at radius 3 is 2.73 bits per heavy atom. The molecular formula is C16H21NO4S. The Balaban J connectivity index is 1.84. The van der Waals surface area contributed by atoms with Gasteiger partial charge in [-0.15, -0.1) is 0 Å². The van der Waals surface area contributed by atoms with E-state index in [9.17, 15) is 13.2 Å². The molecule has 2 saturated heterocycles. The van der Waals surface area contributed by atoms with E-state index in [0.717, 1.165) is 32.1 Å². The van der Waals surface area contributed by atoms with Gasteiger partial charge in [-0.1, -0.05) is 12.1 Å². The molecule has 0 saturated carbocycles. The Labute approximate surface area is 131 Å². The smallest absolute Gasteiger partial charge is 0.255 e. The van der Waals surface area contributed by atoms with Crippen LogP contribution in [0, 0.1) is 5.41 Å². The fourth-order valence-electron chi connectivity index (χ4n) is 3.48. The van der Waals surface area contributed by atoms with Crippen molar-refractivity contribution in [3.63, 3.8) is 0 Å². The second-order valence-corrected chi connectivity index (χ2v) is 8.39. The molecule has 0 radical (unpaired) electrons. The van der Waals surface area contributed by atoms with E-state index in [2.05, 4.69) is 0 Å². The van der Waals surface area contributed by atoms with Crippen LogP contribution >= 0.6 is 0 Å². The Morgan fingerprint density at radius 1 is 1.27 bits per heavy atom. The molecule has 2 heterocycles. The second kappa shape index (κ2) is 5.66. The number of likely N-dealkylation sites (tertiary alicyclic amines) is 1. The molecule has 1 amide bonds. The number of amides is 1. The molecule has 1 aromatic carbocycles. The number of nitrogens with zero attached hydrogens (tertiary/aromatic N) is 1. The van der Waals surface area contributed by atoms with Gasteiger partial charge in [0.2, 0.25) is 0 Å². The molecule has 0 aromatic heterocycles. The summed E-state index contributed by atoms with van der Waals surface area (Å²) in [6.45, 7) is 2.82. The van der Waals surface area contributed by atoms with Crippen molar-refractivity contribution in [1.29, 1.82) is 0 Å². The average Bonchev–Trinajstić information content (AvgIpc) is 2.90. The van der Waals surface area contributed by atoms with E-state index >= 15 is 0 Å². The van der Waals surface area contributed by atoms with Crippen molar-refractivity contribution in [2.45, 2.75) is 24.2 Å². The lowest BCUT2D eigenvalue weighted by Crippen LogP contribution is -2.37. The fourth-order valence-corrected chi connectivity index (χ4v) is 4.36. The minimum Gasteiger partial charge on any atom is -0.381 e. The summed E-state index contributed by atoms with van der Waals surface area (Å²) in [5, 5.41) is 0. The molecule has 1 aromatic rings. The number of carbonyl (C=O) groups is 1. The van der Waals surface area contributed by atoms with Gasteiger partial charge >= 0.3 is 0 Å². The Bertz CT molecular complexity index is 677. The van der Waals surface area contributed by atoms with Gasteiger partial charge in [-0.05, 0) is 31.4 Å². The van der Waals surface area contributed by atoms with Gasteiger partial charge in [0.15, 0.2) is 9.84 Å². The van der Waals surface area contributed by atoms with Crippen LogP contribution in [0.25, 0.3) is 0 Å². The molecule has 6 heteroatoms. The maximum absolute atomic E-state index is 12.8.